The van der Waals surface area contributed by atoms with Crippen LogP contribution in [0.1, 0.15) is 17.3 Å². The zero-order valence-corrected chi connectivity index (χ0v) is 11.2. The van der Waals surface area contributed by atoms with E-state index in [-0.39, 0.29) is 5.69 Å². The van der Waals surface area contributed by atoms with Crippen molar-refractivity contribution in [3.05, 3.63) is 58.6 Å². The van der Waals surface area contributed by atoms with Crippen LogP contribution in [0.5, 0.6) is 5.75 Å². The van der Waals surface area contributed by atoms with Crippen molar-refractivity contribution in [2.75, 3.05) is 7.11 Å². The summed E-state index contributed by atoms with van der Waals surface area (Å²) < 4.78 is 18.8. The first kappa shape index (κ1) is 13.8. The van der Waals surface area contributed by atoms with Crippen molar-refractivity contribution in [1.29, 1.82) is 0 Å². The first-order valence-corrected chi connectivity index (χ1v) is 6.18. The Labute approximate surface area is 116 Å². The minimum absolute atomic E-state index is 0.240. The second kappa shape index (κ2) is 5.99. The number of rotatable bonds is 4. The third-order valence-electron chi connectivity index (χ3n) is 2.82. The first-order valence-electron chi connectivity index (χ1n) is 5.80. The van der Waals surface area contributed by atoms with E-state index in [1.807, 2.05) is 0 Å². The predicted octanol–water partition coefficient (Wildman–Crippen LogP) is 3.13. The SMILES string of the molecule is COc1ccc(Cl)cc1CC(N)c1ncccc1F. The summed E-state index contributed by atoms with van der Waals surface area (Å²) in [6.07, 6.45) is 1.92. The fraction of sp³-hybridized carbons (Fsp3) is 0.214. The van der Waals surface area contributed by atoms with E-state index >= 15 is 0 Å². The lowest BCUT2D eigenvalue weighted by Crippen LogP contribution is -2.17. The smallest absolute Gasteiger partial charge is 0.146 e. The highest BCUT2D eigenvalue weighted by molar-refractivity contribution is 6.30. The van der Waals surface area contributed by atoms with Gasteiger partial charge in [-0.3, -0.25) is 4.98 Å². The van der Waals surface area contributed by atoms with Gasteiger partial charge < -0.3 is 10.5 Å². The lowest BCUT2D eigenvalue weighted by Gasteiger charge is -2.14. The molecule has 0 aliphatic heterocycles. The van der Waals surface area contributed by atoms with Crippen molar-refractivity contribution in [2.45, 2.75) is 12.5 Å². The van der Waals surface area contributed by atoms with Crippen molar-refractivity contribution < 1.29 is 9.13 Å². The lowest BCUT2D eigenvalue weighted by atomic mass is 10.0. The number of halogens is 2. The standard InChI is InChI=1S/C14H14ClFN2O/c1-19-13-5-4-10(15)7-9(13)8-12(17)14-11(16)3-2-6-18-14/h2-7,12H,8,17H2,1H3. The molecule has 2 N–H and O–H groups in total. The molecule has 0 aliphatic rings. The summed E-state index contributed by atoms with van der Waals surface area (Å²) in [5, 5.41) is 0.587. The second-order valence-corrected chi connectivity index (χ2v) is 4.57. The van der Waals surface area contributed by atoms with Gasteiger partial charge in [0, 0.05) is 11.2 Å². The molecule has 1 aromatic heterocycles. The van der Waals surface area contributed by atoms with Crippen LogP contribution in [0, 0.1) is 5.82 Å². The van der Waals surface area contributed by atoms with Crippen LogP contribution in [0.15, 0.2) is 36.5 Å². The van der Waals surface area contributed by atoms with Gasteiger partial charge in [-0.05, 0) is 42.3 Å². The summed E-state index contributed by atoms with van der Waals surface area (Å²) in [4.78, 5) is 3.98. The lowest BCUT2D eigenvalue weighted by molar-refractivity contribution is 0.407. The average molecular weight is 281 g/mol. The van der Waals surface area contributed by atoms with E-state index in [0.29, 0.717) is 17.2 Å². The molecule has 0 aliphatic carbocycles. The highest BCUT2D eigenvalue weighted by atomic mass is 35.5. The maximum atomic E-state index is 13.6. The van der Waals surface area contributed by atoms with E-state index < -0.39 is 11.9 Å². The highest BCUT2D eigenvalue weighted by Crippen LogP contribution is 2.26. The van der Waals surface area contributed by atoms with Gasteiger partial charge in [0.1, 0.15) is 11.6 Å². The highest BCUT2D eigenvalue weighted by Gasteiger charge is 2.15. The van der Waals surface area contributed by atoms with E-state index in [4.69, 9.17) is 22.1 Å². The van der Waals surface area contributed by atoms with Gasteiger partial charge in [0.2, 0.25) is 0 Å². The molecule has 1 heterocycles. The summed E-state index contributed by atoms with van der Waals surface area (Å²) in [6, 6.07) is 7.59. The van der Waals surface area contributed by atoms with Crippen molar-refractivity contribution in [3.63, 3.8) is 0 Å². The minimum Gasteiger partial charge on any atom is -0.496 e. The Morgan fingerprint density at radius 3 is 2.89 bits per heavy atom. The number of methoxy groups -OCH3 is 1. The summed E-state index contributed by atoms with van der Waals surface area (Å²) in [5.41, 5.74) is 7.07. The number of aromatic nitrogens is 1. The maximum absolute atomic E-state index is 13.6. The average Bonchev–Trinajstić information content (AvgIpc) is 2.39. The van der Waals surface area contributed by atoms with Gasteiger partial charge in [0.05, 0.1) is 18.8 Å². The van der Waals surface area contributed by atoms with Crippen LogP contribution in [-0.4, -0.2) is 12.1 Å². The van der Waals surface area contributed by atoms with E-state index in [0.717, 1.165) is 5.56 Å². The van der Waals surface area contributed by atoms with E-state index in [2.05, 4.69) is 4.98 Å². The molecule has 1 atom stereocenters. The van der Waals surface area contributed by atoms with Crippen LogP contribution >= 0.6 is 11.6 Å². The first-order chi connectivity index (χ1) is 9.11. The molecule has 19 heavy (non-hydrogen) atoms. The second-order valence-electron chi connectivity index (χ2n) is 4.14. The van der Waals surface area contributed by atoms with Crippen LogP contribution in [0.4, 0.5) is 4.39 Å². The van der Waals surface area contributed by atoms with Crippen LogP contribution < -0.4 is 10.5 Å². The molecule has 0 radical (unpaired) electrons. The molecule has 1 aromatic carbocycles. The van der Waals surface area contributed by atoms with Gasteiger partial charge in [0.15, 0.2) is 0 Å². The van der Waals surface area contributed by atoms with E-state index in [1.165, 1.54) is 18.3 Å². The number of hydrogen-bond donors (Lipinski definition) is 1. The molecule has 1 unspecified atom stereocenters. The fourth-order valence-electron chi connectivity index (χ4n) is 1.91. The normalized spacial score (nSPS) is 12.2. The molecular formula is C14H14ClFN2O. The topological polar surface area (TPSA) is 48.1 Å². The molecule has 5 heteroatoms. The molecule has 2 aromatic rings. The van der Waals surface area contributed by atoms with Crippen LogP contribution in [0.25, 0.3) is 0 Å². The number of ether oxygens (including phenoxy) is 1. The number of nitrogens with zero attached hydrogens (tertiary/aromatic N) is 1. The molecular weight excluding hydrogens is 267 g/mol. The van der Waals surface area contributed by atoms with Gasteiger partial charge >= 0.3 is 0 Å². The van der Waals surface area contributed by atoms with Crippen molar-refractivity contribution in [3.8, 4) is 5.75 Å². The molecule has 3 nitrogen and oxygen atoms in total. The maximum Gasteiger partial charge on any atom is 0.146 e. The fourth-order valence-corrected chi connectivity index (χ4v) is 2.11. The monoisotopic (exact) mass is 280 g/mol. The Morgan fingerprint density at radius 2 is 2.21 bits per heavy atom. The quantitative estimate of drug-likeness (QED) is 0.936. The van der Waals surface area contributed by atoms with Gasteiger partial charge in [-0.25, -0.2) is 4.39 Å². The van der Waals surface area contributed by atoms with E-state index in [9.17, 15) is 4.39 Å². The summed E-state index contributed by atoms with van der Waals surface area (Å²) in [5.74, 6) is 0.271. The summed E-state index contributed by atoms with van der Waals surface area (Å²) in [6.45, 7) is 0. The Morgan fingerprint density at radius 1 is 1.42 bits per heavy atom. The third kappa shape index (κ3) is 3.22. The van der Waals surface area contributed by atoms with E-state index in [1.54, 1.807) is 25.3 Å². The van der Waals surface area contributed by atoms with Crippen molar-refractivity contribution in [2.24, 2.45) is 5.73 Å². The predicted molar refractivity (Wildman–Crippen MR) is 72.8 cm³/mol. The number of pyridine rings is 1. The van der Waals surface area contributed by atoms with Crippen molar-refractivity contribution >= 4 is 11.6 Å². The molecule has 0 amide bonds. The van der Waals surface area contributed by atoms with Crippen LogP contribution in [-0.2, 0) is 6.42 Å². The molecule has 100 valence electrons. The van der Waals surface area contributed by atoms with Gasteiger partial charge in [0.25, 0.3) is 0 Å². The number of nitrogens with two attached hydrogens (primary N) is 1. The number of hydrogen-bond acceptors (Lipinski definition) is 3. The molecule has 0 fully saturated rings. The molecule has 0 saturated heterocycles. The zero-order chi connectivity index (χ0) is 13.8. The molecule has 0 bridgehead atoms. The molecule has 2 rings (SSSR count). The summed E-state index contributed by atoms with van der Waals surface area (Å²) in [7, 11) is 1.57. The van der Waals surface area contributed by atoms with Crippen molar-refractivity contribution in [1.82, 2.24) is 4.98 Å². The van der Waals surface area contributed by atoms with Gasteiger partial charge in [-0.15, -0.1) is 0 Å². The minimum atomic E-state index is -0.548. The number of benzene rings is 1. The molecule has 0 saturated carbocycles. The van der Waals surface area contributed by atoms with Crippen LogP contribution in [0.3, 0.4) is 0 Å². The Balaban J connectivity index is 2.26. The summed E-state index contributed by atoms with van der Waals surface area (Å²) >= 11 is 5.95. The largest absolute Gasteiger partial charge is 0.496 e. The Hall–Kier alpha value is -1.65. The Bertz CT molecular complexity index is 577. The molecule has 0 spiro atoms. The van der Waals surface area contributed by atoms with Crippen LogP contribution in [0.2, 0.25) is 5.02 Å². The Kier molecular flexibility index (Phi) is 4.35. The van der Waals surface area contributed by atoms with Gasteiger partial charge in [-0.2, -0.15) is 0 Å². The third-order valence-corrected chi connectivity index (χ3v) is 3.06. The zero-order valence-electron chi connectivity index (χ0n) is 10.4. The van der Waals surface area contributed by atoms with Gasteiger partial charge in [-0.1, -0.05) is 11.6 Å².